The minimum Gasteiger partial charge on any atom is -0.339 e. The molecule has 1 amide bonds. The zero-order valence-electron chi connectivity index (χ0n) is 10.1. The molecular formula is C15H11ClN2O. The first-order valence-electron chi connectivity index (χ1n) is 6.24. The molecular weight excluding hydrogens is 260 g/mol. The third-order valence-corrected chi connectivity index (χ3v) is 3.93. The molecule has 1 N–H and O–H groups in total. The smallest absolute Gasteiger partial charge is 0.257 e. The molecule has 19 heavy (non-hydrogen) atoms. The number of nitrogens with zero attached hydrogens (tertiary/aromatic N) is 1. The van der Waals surface area contributed by atoms with Gasteiger partial charge in [-0.05, 0) is 36.2 Å². The van der Waals surface area contributed by atoms with E-state index in [0.29, 0.717) is 10.6 Å². The van der Waals surface area contributed by atoms with Gasteiger partial charge in [0.2, 0.25) is 0 Å². The van der Waals surface area contributed by atoms with Gasteiger partial charge in [0, 0.05) is 11.6 Å². The van der Waals surface area contributed by atoms with Gasteiger partial charge in [-0.3, -0.25) is 4.79 Å². The lowest BCUT2D eigenvalue weighted by molar-refractivity contribution is 0.102. The zero-order valence-corrected chi connectivity index (χ0v) is 10.9. The largest absolute Gasteiger partial charge is 0.339 e. The van der Waals surface area contributed by atoms with Crippen LogP contribution in [0.4, 0.5) is 17.1 Å². The van der Waals surface area contributed by atoms with Crippen LogP contribution in [0.3, 0.4) is 0 Å². The minimum atomic E-state index is -0.0746. The van der Waals surface area contributed by atoms with Crippen LogP contribution in [0.15, 0.2) is 36.4 Å². The quantitative estimate of drug-likeness (QED) is 0.793. The fourth-order valence-electron chi connectivity index (χ4n) is 2.94. The lowest BCUT2D eigenvalue weighted by Crippen LogP contribution is -2.15. The van der Waals surface area contributed by atoms with Crippen LogP contribution in [0, 0.1) is 0 Å². The third kappa shape index (κ3) is 1.48. The number of rotatable bonds is 0. The first-order valence-corrected chi connectivity index (χ1v) is 6.62. The average molecular weight is 271 g/mol. The van der Waals surface area contributed by atoms with Crippen molar-refractivity contribution < 1.29 is 4.79 Å². The van der Waals surface area contributed by atoms with Crippen molar-refractivity contribution in [3.8, 4) is 0 Å². The van der Waals surface area contributed by atoms with E-state index in [1.54, 1.807) is 0 Å². The highest BCUT2D eigenvalue weighted by atomic mass is 35.5. The molecule has 0 radical (unpaired) electrons. The van der Waals surface area contributed by atoms with Crippen molar-refractivity contribution in [1.82, 2.24) is 0 Å². The summed E-state index contributed by atoms with van der Waals surface area (Å²) in [5.74, 6) is -0.0746. The summed E-state index contributed by atoms with van der Waals surface area (Å²) in [5, 5.41) is 3.63. The monoisotopic (exact) mass is 270 g/mol. The van der Waals surface area contributed by atoms with E-state index in [1.807, 2.05) is 36.4 Å². The Balaban J connectivity index is 2.03. The van der Waals surface area contributed by atoms with Crippen LogP contribution in [0.1, 0.15) is 15.9 Å². The fourth-order valence-corrected chi connectivity index (χ4v) is 3.18. The Morgan fingerprint density at radius 3 is 2.95 bits per heavy atom. The van der Waals surface area contributed by atoms with Gasteiger partial charge in [-0.2, -0.15) is 0 Å². The van der Waals surface area contributed by atoms with E-state index in [2.05, 4.69) is 10.2 Å². The van der Waals surface area contributed by atoms with Crippen molar-refractivity contribution in [1.29, 1.82) is 0 Å². The molecule has 4 rings (SSSR count). The molecule has 94 valence electrons. The number of benzene rings is 2. The second kappa shape index (κ2) is 3.75. The van der Waals surface area contributed by atoms with Crippen molar-refractivity contribution in [2.75, 3.05) is 16.8 Å². The topological polar surface area (TPSA) is 32.3 Å². The van der Waals surface area contributed by atoms with E-state index in [0.717, 1.165) is 30.0 Å². The van der Waals surface area contributed by atoms with Crippen molar-refractivity contribution in [3.05, 3.63) is 52.5 Å². The second-order valence-electron chi connectivity index (χ2n) is 4.83. The summed E-state index contributed by atoms with van der Waals surface area (Å²) in [7, 11) is 0. The molecule has 2 heterocycles. The van der Waals surface area contributed by atoms with Gasteiger partial charge in [-0.15, -0.1) is 0 Å². The Morgan fingerprint density at radius 1 is 1.21 bits per heavy atom. The van der Waals surface area contributed by atoms with Gasteiger partial charge in [0.15, 0.2) is 0 Å². The highest BCUT2D eigenvalue weighted by molar-refractivity contribution is 6.31. The van der Waals surface area contributed by atoms with Gasteiger partial charge in [0.25, 0.3) is 5.91 Å². The summed E-state index contributed by atoms with van der Waals surface area (Å²) >= 11 is 6.12. The summed E-state index contributed by atoms with van der Waals surface area (Å²) in [6.45, 7) is 0.884. The highest BCUT2D eigenvalue weighted by Gasteiger charge is 2.30. The van der Waals surface area contributed by atoms with Gasteiger partial charge < -0.3 is 10.2 Å². The third-order valence-electron chi connectivity index (χ3n) is 3.72. The predicted molar refractivity (Wildman–Crippen MR) is 76.6 cm³/mol. The number of carbonyl (C=O) groups excluding carboxylic acids is 1. The molecule has 2 aliphatic heterocycles. The normalized spacial score (nSPS) is 15.6. The standard InChI is InChI=1S/C15H11ClN2O/c16-10-7-9-5-6-18-13-4-2-1-3-11(13)15(19)17-12(8-10)14(9)18/h1-4,7-8H,5-6H2,(H,17,19). The van der Waals surface area contributed by atoms with Crippen molar-refractivity contribution in [2.24, 2.45) is 0 Å². The Hall–Kier alpha value is -2.00. The van der Waals surface area contributed by atoms with E-state index >= 15 is 0 Å². The maximum atomic E-state index is 12.3. The summed E-state index contributed by atoms with van der Waals surface area (Å²) < 4.78 is 0. The number of hydrogen-bond acceptors (Lipinski definition) is 2. The molecule has 0 bridgehead atoms. The SMILES string of the molecule is O=C1Nc2cc(Cl)cc3c2N(CC3)c2ccccc21. The minimum absolute atomic E-state index is 0.0746. The van der Waals surface area contributed by atoms with Crippen LogP contribution >= 0.6 is 11.6 Å². The Bertz CT molecular complexity index is 711. The molecule has 0 aromatic heterocycles. The first kappa shape index (κ1) is 10.9. The van der Waals surface area contributed by atoms with E-state index in [-0.39, 0.29) is 5.91 Å². The van der Waals surface area contributed by atoms with Crippen molar-refractivity contribution >= 4 is 34.6 Å². The van der Waals surface area contributed by atoms with Crippen LogP contribution in [-0.4, -0.2) is 12.5 Å². The summed E-state index contributed by atoms with van der Waals surface area (Å²) in [5.41, 5.74) is 4.77. The number of anilines is 3. The van der Waals surface area contributed by atoms with E-state index in [9.17, 15) is 4.79 Å². The van der Waals surface area contributed by atoms with Crippen LogP contribution in [-0.2, 0) is 6.42 Å². The molecule has 2 aromatic rings. The number of nitrogens with one attached hydrogen (secondary N) is 1. The number of halogens is 1. The molecule has 2 aliphatic rings. The highest BCUT2D eigenvalue weighted by Crippen LogP contribution is 2.45. The summed E-state index contributed by atoms with van der Waals surface area (Å²) in [6, 6.07) is 11.5. The number of para-hydroxylation sites is 1. The van der Waals surface area contributed by atoms with Gasteiger partial charge in [0.1, 0.15) is 0 Å². The number of hydrogen-bond donors (Lipinski definition) is 1. The number of carbonyl (C=O) groups is 1. The summed E-state index contributed by atoms with van der Waals surface area (Å²) in [6.07, 6.45) is 0.951. The first-order chi connectivity index (χ1) is 9.24. The van der Waals surface area contributed by atoms with Crippen LogP contribution in [0.2, 0.25) is 5.02 Å². The molecule has 0 fully saturated rings. The predicted octanol–water partition coefficient (Wildman–Crippen LogP) is 3.60. The number of amides is 1. The van der Waals surface area contributed by atoms with Gasteiger partial charge in [-0.1, -0.05) is 23.7 Å². The average Bonchev–Trinajstić information content (AvgIpc) is 2.77. The Labute approximate surface area is 115 Å². The maximum Gasteiger partial charge on any atom is 0.257 e. The molecule has 0 saturated carbocycles. The molecule has 4 heteroatoms. The number of fused-ring (bicyclic) bond motifs is 2. The molecule has 2 aromatic carbocycles. The van der Waals surface area contributed by atoms with Gasteiger partial charge >= 0.3 is 0 Å². The van der Waals surface area contributed by atoms with E-state index < -0.39 is 0 Å². The summed E-state index contributed by atoms with van der Waals surface area (Å²) in [4.78, 5) is 14.5. The molecule has 0 spiro atoms. The van der Waals surface area contributed by atoms with Crippen LogP contribution in [0.5, 0.6) is 0 Å². The fraction of sp³-hybridized carbons (Fsp3) is 0.133. The van der Waals surface area contributed by atoms with Gasteiger partial charge in [-0.25, -0.2) is 0 Å². The van der Waals surface area contributed by atoms with Crippen molar-refractivity contribution in [3.63, 3.8) is 0 Å². The van der Waals surface area contributed by atoms with E-state index in [4.69, 9.17) is 11.6 Å². The van der Waals surface area contributed by atoms with E-state index in [1.165, 1.54) is 5.56 Å². The van der Waals surface area contributed by atoms with Crippen molar-refractivity contribution in [2.45, 2.75) is 6.42 Å². The Morgan fingerprint density at radius 2 is 2.05 bits per heavy atom. The second-order valence-corrected chi connectivity index (χ2v) is 5.27. The molecule has 0 atom stereocenters. The van der Waals surface area contributed by atoms with Crippen LogP contribution in [0.25, 0.3) is 0 Å². The maximum absolute atomic E-state index is 12.3. The lowest BCUT2D eigenvalue weighted by Gasteiger charge is -2.20. The van der Waals surface area contributed by atoms with Gasteiger partial charge in [0.05, 0.1) is 22.6 Å². The lowest BCUT2D eigenvalue weighted by atomic mass is 10.1. The zero-order chi connectivity index (χ0) is 13.0. The molecule has 0 unspecified atom stereocenters. The molecule has 0 saturated heterocycles. The van der Waals surface area contributed by atoms with Crippen LogP contribution < -0.4 is 10.2 Å². The Kier molecular flexibility index (Phi) is 2.15. The molecule has 0 aliphatic carbocycles. The molecule has 3 nitrogen and oxygen atoms in total.